The van der Waals surface area contributed by atoms with Crippen LogP contribution in [0.1, 0.15) is 99.8 Å². The predicted molar refractivity (Wildman–Crippen MR) is 135 cm³/mol. The van der Waals surface area contributed by atoms with Crippen molar-refractivity contribution in [3.63, 3.8) is 0 Å². The minimum Gasteiger partial charge on any atom is -0.396 e. The number of rotatable bonds is 1. The Labute approximate surface area is 207 Å². The fraction of sp³-hybridized carbons (Fsp3) is 0.933. The van der Waals surface area contributed by atoms with E-state index in [0.29, 0.717) is 11.8 Å². The first-order valence-corrected chi connectivity index (χ1v) is 14.0. The van der Waals surface area contributed by atoms with E-state index in [4.69, 9.17) is 0 Å². The highest BCUT2D eigenvalue weighted by Crippen LogP contribution is 2.75. The van der Waals surface area contributed by atoms with Gasteiger partial charge in [0, 0.05) is 10.8 Å². The summed E-state index contributed by atoms with van der Waals surface area (Å²) in [6.45, 7) is 16.2. The number of allylic oxidation sites excluding steroid dienone is 2. The summed E-state index contributed by atoms with van der Waals surface area (Å²) in [5.41, 5.74) is 0.905. The molecule has 5 rings (SSSR count). The van der Waals surface area contributed by atoms with Crippen LogP contribution in [0.4, 0.5) is 0 Å². The lowest BCUT2D eigenvalue weighted by Gasteiger charge is -2.71. The average Bonchev–Trinajstić information content (AvgIpc) is 2.77. The third-order valence-electron chi connectivity index (χ3n) is 13.6. The smallest absolute Gasteiger partial charge is 0.0880 e. The largest absolute Gasteiger partial charge is 0.396 e. The van der Waals surface area contributed by atoms with E-state index < -0.39 is 17.6 Å². The number of hydrogen-bond donors (Lipinski definition) is 4. The van der Waals surface area contributed by atoms with Gasteiger partial charge in [-0.25, -0.2) is 0 Å². The van der Waals surface area contributed by atoms with Crippen molar-refractivity contribution in [2.75, 3.05) is 6.61 Å². The fourth-order valence-electron chi connectivity index (χ4n) is 10.7. The Kier molecular flexibility index (Phi) is 5.44. The van der Waals surface area contributed by atoms with Gasteiger partial charge >= 0.3 is 0 Å². The summed E-state index contributed by atoms with van der Waals surface area (Å²) in [6.07, 6.45) is 8.78. The maximum atomic E-state index is 11.3. The third kappa shape index (κ3) is 2.81. The first-order chi connectivity index (χ1) is 15.6. The standard InChI is InChI=1S/C30H50O4/c1-25(2)20-10-13-30(7)21(28(20,5)12-11-22(25)32)9-8-18-19-16-26(3,17-31)23(33)24(34)27(19,4)14-15-29(18,30)6/h8,19-24,31-34H,9-17H2,1-7H3. The fourth-order valence-corrected chi connectivity index (χ4v) is 10.7. The molecule has 11 unspecified atom stereocenters. The van der Waals surface area contributed by atoms with E-state index >= 15 is 0 Å². The Balaban J connectivity index is 1.58. The molecule has 0 aromatic rings. The first kappa shape index (κ1) is 25.2. The molecule has 0 bridgehead atoms. The van der Waals surface area contributed by atoms with Gasteiger partial charge in [0.15, 0.2) is 0 Å². The van der Waals surface area contributed by atoms with Gasteiger partial charge < -0.3 is 20.4 Å². The second-order valence-electron chi connectivity index (χ2n) is 15.1. The van der Waals surface area contributed by atoms with Gasteiger partial charge in [-0.1, -0.05) is 60.1 Å². The normalized spacial score (nSPS) is 58.6. The number of hydrogen-bond acceptors (Lipinski definition) is 4. The Hall–Kier alpha value is -0.420. The molecular weight excluding hydrogens is 424 g/mol. The molecule has 0 aliphatic heterocycles. The zero-order valence-electron chi connectivity index (χ0n) is 22.7. The van der Waals surface area contributed by atoms with Crippen LogP contribution in [0.25, 0.3) is 0 Å². The molecule has 4 fully saturated rings. The Bertz CT molecular complexity index is 881. The van der Waals surface area contributed by atoms with Crippen molar-refractivity contribution in [3.8, 4) is 0 Å². The van der Waals surface area contributed by atoms with Crippen LogP contribution in [0, 0.1) is 50.2 Å². The summed E-state index contributed by atoms with van der Waals surface area (Å²) in [4.78, 5) is 0. The Morgan fingerprint density at radius 2 is 1.47 bits per heavy atom. The molecule has 4 nitrogen and oxygen atoms in total. The van der Waals surface area contributed by atoms with Crippen LogP contribution in [-0.4, -0.2) is 45.3 Å². The van der Waals surface area contributed by atoms with Crippen molar-refractivity contribution in [2.45, 2.75) is 118 Å². The van der Waals surface area contributed by atoms with Crippen LogP contribution in [0.5, 0.6) is 0 Å². The summed E-state index contributed by atoms with van der Waals surface area (Å²) in [5.74, 6) is 1.32. The highest BCUT2D eigenvalue weighted by Gasteiger charge is 2.69. The van der Waals surface area contributed by atoms with Crippen molar-refractivity contribution in [1.29, 1.82) is 0 Å². The number of aliphatic hydroxyl groups excluding tert-OH is 4. The zero-order chi connectivity index (χ0) is 25.1. The monoisotopic (exact) mass is 474 g/mol. The second-order valence-corrected chi connectivity index (χ2v) is 15.1. The van der Waals surface area contributed by atoms with Crippen LogP contribution < -0.4 is 0 Å². The maximum Gasteiger partial charge on any atom is 0.0880 e. The molecular formula is C30H50O4. The molecule has 4 heteroatoms. The lowest BCUT2D eigenvalue weighted by molar-refractivity contribution is -0.222. The number of aliphatic hydroxyl groups is 4. The molecule has 5 aliphatic rings. The van der Waals surface area contributed by atoms with Gasteiger partial charge in [-0.2, -0.15) is 0 Å². The molecule has 0 radical (unpaired) electrons. The molecule has 5 aliphatic carbocycles. The van der Waals surface area contributed by atoms with Gasteiger partial charge in [0.05, 0.1) is 24.9 Å². The minimum absolute atomic E-state index is 0.0447. The van der Waals surface area contributed by atoms with Crippen molar-refractivity contribution in [2.24, 2.45) is 50.2 Å². The van der Waals surface area contributed by atoms with Gasteiger partial charge in [-0.15, -0.1) is 0 Å². The summed E-state index contributed by atoms with van der Waals surface area (Å²) in [6, 6.07) is 0. The van der Waals surface area contributed by atoms with Gasteiger partial charge in [0.1, 0.15) is 0 Å². The minimum atomic E-state index is -0.888. The summed E-state index contributed by atoms with van der Waals surface area (Å²) in [5, 5.41) is 43.4. The Morgan fingerprint density at radius 1 is 0.794 bits per heavy atom. The third-order valence-corrected chi connectivity index (χ3v) is 13.6. The van der Waals surface area contributed by atoms with Crippen molar-refractivity contribution >= 4 is 0 Å². The zero-order valence-corrected chi connectivity index (χ0v) is 22.7. The van der Waals surface area contributed by atoms with Crippen LogP contribution in [0.2, 0.25) is 0 Å². The van der Waals surface area contributed by atoms with Crippen LogP contribution in [0.15, 0.2) is 11.6 Å². The van der Waals surface area contributed by atoms with Gasteiger partial charge in [-0.3, -0.25) is 0 Å². The van der Waals surface area contributed by atoms with Crippen LogP contribution in [0.3, 0.4) is 0 Å². The van der Waals surface area contributed by atoms with Gasteiger partial charge in [-0.05, 0) is 90.8 Å². The van der Waals surface area contributed by atoms with E-state index in [0.717, 1.165) is 38.5 Å². The summed E-state index contributed by atoms with van der Waals surface area (Å²) < 4.78 is 0. The van der Waals surface area contributed by atoms with Gasteiger partial charge in [0.25, 0.3) is 0 Å². The van der Waals surface area contributed by atoms with E-state index in [1.807, 2.05) is 6.92 Å². The Morgan fingerprint density at radius 3 is 2.12 bits per heavy atom. The summed E-state index contributed by atoms with van der Waals surface area (Å²) >= 11 is 0. The van der Waals surface area contributed by atoms with Crippen molar-refractivity contribution < 1.29 is 20.4 Å². The lowest BCUT2D eigenvalue weighted by atomic mass is 9.33. The molecule has 4 N–H and O–H groups in total. The molecule has 0 saturated heterocycles. The topological polar surface area (TPSA) is 80.9 Å². The molecule has 194 valence electrons. The predicted octanol–water partition coefficient (Wildman–Crippen LogP) is 5.08. The van der Waals surface area contributed by atoms with Gasteiger partial charge in [0.2, 0.25) is 0 Å². The molecule has 0 aromatic carbocycles. The molecule has 0 amide bonds. The molecule has 4 saturated carbocycles. The SMILES string of the molecule is CC1(CO)CC2C3=CCC4C5(C)CCC(O)C(C)(C)C5CCC4(C)C3(C)CCC2(C)C(O)C1O. The van der Waals surface area contributed by atoms with Crippen LogP contribution in [-0.2, 0) is 0 Å². The molecule has 0 aromatic heterocycles. The molecule has 34 heavy (non-hydrogen) atoms. The number of fused-ring (bicyclic) bond motifs is 7. The van der Waals surface area contributed by atoms with Crippen molar-refractivity contribution in [1.82, 2.24) is 0 Å². The maximum absolute atomic E-state index is 11.3. The summed E-state index contributed by atoms with van der Waals surface area (Å²) in [7, 11) is 0. The quantitative estimate of drug-likeness (QED) is 0.399. The molecule has 11 atom stereocenters. The highest BCUT2D eigenvalue weighted by atomic mass is 16.3. The van der Waals surface area contributed by atoms with E-state index in [1.54, 1.807) is 0 Å². The van der Waals surface area contributed by atoms with Crippen LogP contribution >= 0.6 is 0 Å². The van der Waals surface area contributed by atoms with E-state index in [-0.39, 0.29) is 45.7 Å². The van der Waals surface area contributed by atoms with Crippen molar-refractivity contribution in [3.05, 3.63) is 11.6 Å². The molecule has 0 heterocycles. The first-order valence-electron chi connectivity index (χ1n) is 14.0. The van der Waals surface area contributed by atoms with E-state index in [9.17, 15) is 20.4 Å². The lowest BCUT2D eigenvalue weighted by Crippen LogP contribution is -2.67. The average molecular weight is 475 g/mol. The second kappa shape index (κ2) is 7.33. The van der Waals surface area contributed by atoms with E-state index in [2.05, 4.69) is 47.6 Å². The molecule has 0 spiro atoms. The van der Waals surface area contributed by atoms with E-state index in [1.165, 1.54) is 18.4 Å². The highest BCUT2D eigenvalue weighted by molar-refractivity contribution is 5.34.